The van der Waals surface area contributed by atoms with Crippen LogP contribution in [0, 0.1) is 0 Å². The van der Waals surface area contributed by atoms with Crippen LogP contribution in [-0.4, -0.2) is 42.1 Å². The number of hydrogen-bond donors (Lipinski definition) is 1. The van der Waals surface area contributed by atoms with Crippen molar-refractivity contribution in [2.24, 2.45) is 0 Å². The van der Waals surface area contributed by atoms with E-state index in [1.807, 2.05) is 68.4 Å². The maximum atomic E-state index is 10.8. The minimum Gasteiger partial charge on any atom is -0.365 e. The minimum atomic E-state index is -1.14. The molecule has 2 aliphatic rings. The van der Waals surface area contributed by atoms with E-state index in [0.717, 1.165) is 16.7 Å². The number of aliphatic hydroxyl groups is 1. The van der Waals surface area contributed by atoms with E-state index in [1.165, 1.54) is 0 Å². The molecule has 2 aliphatic heterocycles. The lowest BCUT2D eigenvalue weighted by Crippen LogP contribution is -2.52. The van der Waals surface area contributed by atoms with Gasteiger partial charge in [0, 0.05) is 0 Å². The van der Waals surface area contributed by atoms with E-state index in [4.69, 9.17) is 18.9 Å². The maximum Gasteiger partial charge on any atom is 0.189 e. The third-order valence-corrected chi connectivity index (χ3v) is 6.29. The summed E-state index contributed by atoms with van der Waals surface area (Å²) in [5.41, 5.74) is 0.917. The summed E-state index contributed by atoms with van der Waals surface area (Å²) in [6.07, 6.45) is -1.57. The fourth-order valence-corrected chi connectivity index (χ4v) is 4.88. The van der Waals surface area contributed by atoms with Gasteiger partial charge in [0.05, 0.1) is 13.2 Å². The number of fused-ring (bicyclic) bond motifs is 1. The summed E-state index contributed by atoms with van der Waals surface area (Å²) < 4.78 is 24.7. The van der Waals surface area contributed by atoms with Crippen LogP contribution in [0.4, 0.5) is 0 Å². The van der Waals surface area contributed by atoms with Gasteiger partial charge in [-0.05, 0) is 30.5 Å². The van der Waals surface area contributed by atoms with Crippen molar-refractivity contribution >= 4 is 0 Å². The van der Waals surface area contributed by atoms with Crippen LogP contribution in [-0.2, 0) is 24.5 Å². The van der Waals surface area contributed by atoms with Crippen LogP contribution in [0.3, 0.4) is 0 Å². The average molecular weight is 433 g/mol. The molecule has 0 radical (unpaired) electrons. The molecule has 0 spiro atoms. The molecule has 0 aromatic heterocycles. The van der Waals surface area contributed by atoms with Crippen molar-refractivity contribution in [3.05, 3.63) is 108 Å². The van der Waals surface area contributed by atoms with E-state index in [1.54, 1.807) is 0 Å². The molecule has 2 fully saturated rings. The number of aliphatic hydroxyl groups excluding tert-OH is 1. The first-order valence-corrected chi connectivity index (χ1v) is 10.9. The van der Waals surface area contributed by atoms with E-state index >= 15 is 0 Å². The van der Waals surface area contributed by atoms with Gasteiger partial charge >= 0.3 is 0 Å². The van der Waals surface area contributed by atoms with Crippen molar-refractivity contribution in [1.29, 1.82) is 0 Å². The highest BCUT2D eigenvalue weighted by atomic mass is 16.8. The Morgan fingerprint density at radius 2 is 1.31 bits per heavy atom. The summed E-state index contributed by atoms with van der Waals surface area (Å²) in [4.78, 5) is 0. The Balaban J connectivity index is 1.64. The molecule has 0 bridgehead atoms. The molecule has 166 valence electrons. The third-order valence-electron chi connectivity index (χ3n) is 6.29. The third kappa shape index (κ3) is 3.47. The number of rotatable bonds is 6. The molecule has 5 nitrogen and oxygen atoms in total. The predicted molar refractivity (Wildman–Crippen MR) is 120 cm³/mol. The molecule has 3 aromatic carbocycles. The van der Waals surface area contributed by atoms with Crippen LogP contribution < -0.4 is 0 Å². The molecular formula is C27H28O5. The quantitative estimate of drug-likeness (QED) is 0.591. The van der Waals surface area contributed by atoms with Crippen LogP contribution >= 0.6 is 0 Å². The molecule has 0 aliphatic carbocycles. The largest absolute Gasteiger partial charge is 0.365 e. The number of ether oxygens (including phenoxy) is 4. The molecule has 2 saturated heterocycles. The van der Waals surface area contributed by atoms with Gasteiger partial charge in [0.1, 0.15) is 11.7 Å². The zero-order valence-corrected chi connectivity index (χ0v) is 18.3. The SMILES string of the molecule is CC1(C)O[C@@H]2COC(O)[C@]2(COC(c2ccccc2)(c2ccccc2)c2ccccc2)O1. The monoisotopic (exact) mass is 432 g/mol. The molecule has 5 heteroatoms. The molecule has 1 unspecified atom stereocenters. The predicted octanol–water partition coefficient (Wildman–Crippen LogP) is 4.23. The lowest BCUT2D eigenvalue weighted by Gasteiger charge is -2.39. The van der Waals surface area contributed by atoms with Crippen LogP contribution in [0.2, 0.25) is 0 Å². The second-order valence-corrected chi connectivity index (χ2v) is 8.82. The summed E-state index contributed by atoms with van der Waals surface area (Å²) in [6, 6.07) is 30.4. The summed E-state index contributed by atoms with van der Waals surface area (Å²) in [5.74, 6) is -0.840. The van der Waals surface area contributed by atoms with Crippen LogP contribution in [0.5, 0.6) is 0 Å². The van der Waals surface area contributed by atoms with Gasteiger partial charge in [0.2, 0.25) is 0 Å². The van der Waals surface area contributed by atoms with E-state index in [0.29, 0.717) is 0 Å². The first-order valence-electron chi connectivity index (χ1n) is 10.9. The molecule has 5 rings (SSSR count). The smallest absolute Gasteiger partial charge is 0.189 e. The standard InChI is InChI=1S/C27H28O5/c1-25(2)31-23-18-29-24(28)26(23,32-25)19-30-27(20-12-6-3-7-13-20,21-14-8-4-9-15-21)22-16-10-5-11-17-22/h3-17,23-24,28H,18-19H2,1-2H3/t23-,24?,26-/m1/s1. The van der Waals surface area contributed by atoms with Crippen LogP contribution in [0.15, 0.2) is 91.0 Å². The van der Waals surface area contributed by atoms with Gasteiger partial charge in [-0.25, -0.2) is 0 Å². The zero-order chi connectivity index (χ0) is 22.2. The Bertz CT molecular complexity index is 941. The Kier molecular flexibility index (Phi) is 5.40. The molecule has 3 atom stereocenters. The number of hydrogen-bond acceptors (Lipinski definition) is 5. The minimum absolute atomic E-state index is 0.0843. The van der Waals surface area contributed by atoms with Crippen molar-refractivity contribution in [3.63, 3.8) is 0 Å². The van der Waals surface area contributed by atoms with Gasteiger partial charge in [-0.2, -0.15) is 0 Å². The van der Waals surface area contributed by atoms with Crippen molar-refractivity contribution in [2.45, 2.75) is 43.2 Å². The molecular weight excluding hydrogens is 404 g/mol. The molecule has 32 heavy (non-hydrogen) atoms. The van der Waals surface area contributed by atoms with Crippen LogP contribution in [0.1, 0.15) is 30.5 Å². The summed E-state index contributed by atoms with van der Waals surface area (Å²) in [6.45, 7) is 4.03. The van der Waals surface area contributed by atoms with Gasteiger partial charge in [-0.3, -0.25) is 0 Å². The Morgan fingerprint density at radius 1 is 0.844 bits per heavy atom. The van der Waals surface area contributed by atoms with E-state index in [2.05, 4.69) is 36.4 Å². The second kappa shape index (κ2) is 8.10. The summed E-state index contributed by atoms with van der Waals surface area (Å²) >= 11 is 0. The Morgan fingerprint density at radius 3 is 1.78 bits per heavy atom. The van der Waals surface area contributed by atoms with Crippen LogP contribution in [0.25, 0.3) is 0 Å². The zero-order valence-electron chi connectivity index (χ0n) is 18.3. The van der Waals surface area contributed by atoms with Gasteiger partial charge in [-0.15, -0.1) is 0 Å². The molecule has 3 aromatic rings. The highest BCUT2D eigenvalue weighted by molar-refractivity contribution is 5.47. The lowest BCUT2D eigenvalue weighted by molar-refractivity contribution is -0.252. The molecule has 0 saturated carbocycles. The maximum absolute atomic E-state index is 10.8. The normalized spacial score (nSPS) is 26.7. The molecule has 1 N–H and O–H groups in total. The van der Waals surface area contributed by atoms with Gasteiger partial charge in [0.25, 0.3) is 0 Å². The highest BCUT2D eigenvalue weighted by Gasteiger charge is 2.63. The first kappa shape index (κ1) is 21.3. The average Bonchev–Trinajstić information content (AvgIpc) is 3.26. The van der Waals surface area contributed by atoms with Crippen molar-refractivity contribution in [3.8, 4) is 0 Å². The van der Waals surface area contributed by atoms with E-state index in [9.17, 15) is 5.11 Å². The van der Waals surface area contributed by atoms with E-state index < -0.39 is 29.4 Å². The topological polar surface area (TPSA) is 57.2 Å². The van der Waals surface area contributed by atoms with Crippen molar-refractivity contribution < 1.29 is 24.1 Å². The Hall–Kier alpha value is -2.54. The molecule has 0 amide bonds. The number of benzene rings is 3. The molecule has 2 heterocycles. The fraction of sp³-hybridized carbons (Fsp3) is 0.333. The second-order valence-electron chi connectivity index (χ2n) is 8.82. The Labute approximate surface area is 188 Å². The van der Waals surface area contributed by atoms with Gasteiger partial charge in [0.15, 0.2) is 17.7 Å². The van der Waals surface area contributed by atoms with Gasteiger partial charge < -0.3 is 24.1 Å². The summed E-state index contributed by atoms with van der Waals surface area (Å²) in [5, 5.41) is 10.8. The summed E-state index contributed by atoms with van der Waals surface area (Å²) in [7, 11) is 0. The van der Waals surface area contributed by atoms with Crippen molar-refractivity contribution in [1.82, 2.24) is 0 Å². The van der Waals surface area contributed by atoms with E-state index in [-0.39, 0.29) is 13.2 Å². The highest BCUT2D eigenvalue weighted by Crippen LogP contribution is 2.47. The lowest BCUT2D eigenvalue weighted by atomic mass is 9.80. The van der Waals surface area contributed by atoms with Crippen molar-refractivity contribution in [2.75, 3.05) is 13.2 Å². The first-order chi connectivity index (χ1) is 15.5. The van der Waals surface area contributed by atoms with Gasteiger partial charge in [-0.1, -0.05) is 91.0 Å². The fourth-order valence-electron chi connectivity index (χ4n) is 4.88.